The Hall–Kier alpha value is -4.02. The van der Waals surface area contributed by atoms with Crippen molar-refractivity contribution < 1.29 is 14.4 Å². The number of hydrogen-bond donors (Lipinski definition) is 1. The molecular formula is C28H31N7O3. The van der Waals surface area contributed by atoms with Gasteiger partial charge in [0.15, 0.2) is 17.4 Å². The number of aliphatic hydroxyl groups is 1. The second kappa shape index (κ2) is 10.8. The van der Waals surface area contributed by atoms with E-state index in [2.05, 4.69) is 30.1 Å². The topological polar surface area (TPSA) is 102 Å². The summed E-state index contributed by atoms with van der Waals surface area (Å²) in [6.07, 6.45) is 0. The van der Waals surface area contributed by atoms with Gasteiger partial charge in [-0.2, -0.15) is 0 Å². The monoisotopic (exact) mass is 513 g/mol. The normalized spacial score (nSPS) is 16.8. The molecule has 1 amide bonds. The van der Waals surface area contributed by atoms with E-state index in [4.69, 9.17) is 9.63 Å². The van der Waals surface area contributed by atoms with Gasteiger partial charge in [0, 0.05) is 70.0 Å². The maximum Gasteiger partial charge on any atom is 0.254 e. The molecule has 4 heterocycles. The summed E-state index contributed by atoms with van der Waals surface area (Å²) in [6, 6.07) is 19.4. The first-order chi connectivity index (χ1) is 18.7. The predicted molar refractivity (Wildman–Crippen MR) is 145 cm³/mol. The minimum atomic E-state index is 0.00790. The van der Waals surface area contributed by atoms with Gasteiger partial charge in [0.2, 0.25) is 0 Å². The molecule has 196 valence electrons. The van der Waals surface area contributed by atoms with Crippen molar-refractivity contribution in [3.8, 4) is 11.3 Å². The lowest BCUT2D eigenvalue weighted by molar-refractivity contribution is 0.0746. The highest BCUT2D eigenvalue weighted by atomic mass is 16.5. The van der Waals surface area contributed by atoms with Crippen LogP contribution in [0.25, 0.3) is 22.2 Å². The Morgan fingerprint density at radius 1 is 0.816 bits per heavy atom. The average molecular weight is 514 g/mol. The smallest absolute Gasteiger partial charge is 0.254 e. The second-order valence-electron chi connectivity index (χ2n) is 9.69. The highest BCUT2D eigenvalue weighted by Gasteiger charge is 2.25. The van der Waals surface area contributed by atoms with E-state index in [1.165, 1.54) is 0 Å². The number of amides is 1. The molecule has 0 unspecified atom stereocenters. The summed E-state index contributed by atoms with van der Waals surface area (Å²) in [7, 11) is 0. The Morgan fingerprint density at radius 2 is 1.47 bits per heavy atom. The fourth-order valence-corrected chi connectivity index (χ4v) is 5.19. The molecule has 0 spiro atoms. The molecule has 38 heavy (non-hydrogen) atoms. The van der Waals surface area contributed by atoms with Crippen LogP contribution >= 0.6 is 0 Å². The Morgan fingerprint density at radius 3 is 2.11 bits per heavy atom. The van der Waals surface area contributed by atoms with Gasteiger partial charge in [-0.3, -0.25) is 9.69 Å². The van der Waals surface area contributed by atoms with Crippen molar-refractivity contribution in [3.63, 3.8) is 0 Å². The van der Waals surface area contributed by atoms with E-state index >= 15 is 0 Å². The van der Waals surface area contributed by atoms with Gasteiger partial charge in [-0.1, -0.05) is 35.5 Å². The zero-order valence-electron chi connectivity index (χ0n) is 21.2. The highest BCUT2D eigenvalue weighted by molar-refractivity contribution is 6.01. The minimum absolute atomic E-state index is 0.00790. The maximum atomic E-state index is 13.3. The van der Waals surface area contributed by atoms with Crippen molar-refractivity contribution in [1.82, 2.24) is 25.2 Å². The standard InChI is InChI=1S/C28H31N7O3/c36-19-18-32-10-12-33(13-11-32)25-8-9-26(30-29-25)34-14-16-35(17-15-34)28(37)22-6-7-24-23(20-22)27(38-31-24)21-4-2-1-3-5-21/h1-9,20,36H,10-19H2. The number of aliphatic hydroxyl groups excluding tert-OH is 1. The van der Waals surface area contributed by atoms with Gasteiger partial charge in [0.1, 0.15) is 5.52 Å². The number of carbonyl (C=O) groups is 1. The molecule has 2 aromatic carbocycles. The van der Waals surface area contributed by atoms with E-state index in [1.807, 2.05) is 65.6 Å². The van der Waals surface area contributed by atoms with Crippen molar-refractivity contribution in [1.29, 1.82) is 0 Å². The van der Waals surface area contributed by atoms with Crippen molar-refractivity contribution in [3.05, 3.63) is 66.2 Å². The molecule has 2 saturated heterocycles. The molecule has 1 N–H and O–H groups in total. The van der Waals surface area contributed by atoms with Crippen LogP contribution in [0.15, 0.2) is 65.2 Å². The molecule has 0 aliphatic carbocycles. The van der Waals surface area contributed by atoms with E-state index in [0.29, 0.717) is 37.5 Å². The Labute approximate surface area is 221 Å². The molecule has 0 saturated carbocycles. The molecule has 0 atom stereocenters. The van der Waals surface area contributed by atoms with E-state index < -0.39 is 0 Å². The molecule has 4 aromatic rings. The molecule has 2 aliphatic rings. The summed E-state index contributed by atoms with van der Waals surface area (Å²) in [5.74, 6) is 2.39. The van der Waals surface area contributed by atoms with E-state index in [0.717, 1.165) is 60.8 Å². The summed E-state index contributed by atoms with van der Waals surface area (Å²) in [4.78, 5) is 21.9. The van der Waals surface area contributed by atoms with E-state index in [1.54, 1.807) is 0 Å². The molecular weight excluding hydrogens is 482 g/mol. The summed E-state index contributed by atoms with van der Waals surface area (Å²) in [5.41, 5.74) is 2.30. The first-order valence-electron chi connectivity index (χ1n) is 13.1. The van der Waals surface area contributed by atoms with Crippen molar-refractivity contribution in [2.24, 2.45) is 0 Å². The molecule has 10 nitrogen and oxygen atoms in total. The first kappa shape index (κ1) is 24.3. The number of nitrogens with zero attached hydrogens (tertiary/aromatic N) is 7. The Bertz CT molecular complexity index is 1380. The summed E-state index contributed by atoms with van der Waals surface area (Å²) in [5, 5.41) is 23.1. The van der Waals surface area contributed by atoms with E-state index in [-0.39, 0.29) is 12.5 Å². The van der Waals surface area contributed by atoms with Crippen LogP contribution in [0.4, 0.5) is 11.6 Å². The predicted octanol–water partition coefficient (Wildman–Crippen LogP) is 2.36. The number of β-amino-alcohol motifs (C(OH)–C–C–N with tert-alkyl or cyclic N) is 1. The van der Waals surface area contributed by atoms with Crippen LogP contribution in [0, 0.1) is 0 Å². The summed E-state index contributed by atoms with van der Waals surface area (Å²) < 4.78 is 5.60. The van der Waals surface area contributed by atoms with Gasteiger partial charge >= 0.3 is 0 Å². The summed E-state index contributed by atoms with van der Waals surface area (Å²) >= 11 is 0. The van der Waals surface area contributed by atoms with Gasteiger partial charge in [0.05, 0.1) is 12.0 Å². The number of aromatic nitrogens is 3. The van der Waals surface area contributed by atoms with Gasteiger partial charge < -0.3 is 24.3 Å². The lowest BCUT2D eigenvalue weighted by Gasteiger charge is -2.36. The minimum Gasteiger partial charge on any atom is -0.395 e. The van der Waals surface area contributed by atoms with Crippen LogP contribution in [0.2, 0.25) is 0 Å². The molecule has 2 aliphatic heterocycles. The van der Waals surface area contributed by atoms with Crippen molar-refractivity contribution in [2.75, 3.05) is 75.3 Å². The zero-order chi connectivity index (χ0) is 25.9. The lowest BCUT2D eigenvalue weighted by Crippen LogP contribution is -2.49. The third-order valence-electron chi connectivity index (χ3n) is 7.40. The average Bonchev–Trinajstić information content (AvgIpc) is 3.41. The van der Waals surface area contributed by atoms with Gasteiger partial charge in [-0.25, -0.2) is 0 Å². The number of carbonyl (C=O) groups excluding carboxylic acids is 1. The number of benzene rings is 2. The summed E-state index contributed by atoms with van der Waals surface area (Å²) in [6.45, 7) is 7.12. The fourth-order valence-electron chi connectivity index (χ4n) is 5.19. The number of hydrogen-bond acceptors (Lipinski definition) is 9. The third kappa shape index (κ3) is 4.92. The van der Waals surface area contributed by atoms with Crippen molar-refractivity contribution in [2.45, 2.75) is 0 Å². The lowest BCUT2D eigenvalue weighted by atomic mass is 10.1. The van der Waals surface area contributed by atoms with Crippen molar-refractivity contribution >= 4 is 28.4 Å². The molecule has 0 radical (unpaired) electrons. The van der Waals surface area contributed by atoms with Crippen LogP contribution in [0.5, 0.6) is 0 Å². The van der Waals surface area contributed by atoms with Crippen LogP contribution in [-0.2, 0) is 0 Å². The molecule has 10 heteroatoms. The molecule has 2 fully saturated rings. The molecule has 6 rings (SSSR count). The van der Waals surface area contributed by atoms with Gasteiger partial charge in [-0.15, -0.1) is 10.2 Å². The quantitative estimate of drug-likeness (QED) is 0.416. The Kier molecular flexibility index (Phi) is 6.89. The van der Waals surface area contributed by atoms with Crippen LogP contribution in [-0.4, -0.2) is 102 Å². The number of fused-ring (bicyclic) bond motifs is 1. The zero-order valence-corrected chi connectivity index (χ0v) is 21.2. The van der Waals surface area contributed by atoms with Crippen LogP contribution < -0.4 is 9.80 Å². The Balaban J connectivity index is 1.08. The number of piperazine rings is 2. The third-order valence-corrected chi connectivity index (χ3v) is 7.40. The fraction of sp³-hybridized carbons (Fsp3) is 0.357. The first-order valence-corrected chi connectivity index (χ1v) is 13.1. The van der Waals surface area contributed by atoms with Gasteiger partial charge in [0.25, 0.3) is 5.91 Å². The number of anilines is 2. The SMILES string of the molecule is O=C(c1ccc2noc(-c3ccccc3)c2c1)N1CCN(c2ccc(N3CCN(CCO)CC3)nn2)CC1. The molecule has 2 aromatic heterocycles. The van der Waals surface area contributed by atoms with E-state index in [9.17, 15) is 4.79 Å². The van der Waals surface area contributed by atoms with Gasteiger partial charge in [-0.05, 0) is 30.3 Å². The van der Waals surface area contributed by atoms with Crippen LogP contribution in [0.1, 0.15) is 10.4 Å². The van der Waals surface area contributed by atoms with Crippen LogP contribution in [0.3, 0.4) is 0 Å². The second-order valence-corrected chi connectivity index (χ2v) is 9.69. The maximum absolute atomic E-state index is 13.3. The number of rotatable bonds is 6. The molecule has 0 bridgehead atoms. The largest absolute Gasteiger partial charge is 0.395 e. The highest BCUT2D eigenvalue weighted by Crippen LogP contribution is 2.29.